The normalized spacial score (nSPS) is 16.5. The van der Waals surface area contributed by atoms with E-state index in [9.17, 15) is 14.4 Å². The van der Waals surface area contributed by atoms with Crippen molar-refractivity contribution in [2.75, 3.05) is 12.4 Å². The number of rotatable bonds is 4. The maximum Gasteiger partial charge on any atom is 0.333 e. The molecule has 3 aromatic rings. The van der Waals surface area contributed by atoms with Gasteiger partial charge in [-0.05, 0) is 47.5 Å². The topological polar surface area (TPSA) is 75.7 Å². The Balaban J connectivity index is 1.97. The Morgan fingerprint density at radius 2 is 1.55 bits per heavy atom. The number of nitrogens with zero attached hydrogens (tertiary/aromatic N) is 1. The molecule has 3 aromatic carbocycles. The van der Waals surface area contributed by atoms with E-state index in [1.165, 1.54) is 18.1 Å². The van der Waals surface area contributed by atoms with Crippen LogP contribution >= 0.6 is 34.8 Å². The number of anilines is 1. The average Bonchev–Trinajstić information content (AvgIpc) is 2.91. The van der Waals surface area contributed by atoms with E-state index in [4.69, 9.17) is 39.5 Å². The molecule has 0 radical (unpaired) electrons. The fourth-order valence-corrected chi connectivity index (χ4v) is 4.27. The van der Waals surface area contributed by atoms with Gasteiger partial charge in [-0.3, -0.25) is 9.59 Å². The number of hydrogen-bond donors (Lipinski definition) is 1. The molecule has 4 rings (SSSR count). The SMILES string of the molecule is COC(=O)C(c1ccc(Cl)cc1)N1C(=O)c2cccc(Cl)c2NC(=O)C1c1ccc(Cl)cc1. The summed E-state index contributed by atoms with van der Waals surface area (Å²) in [5, 5.41) is 3.86. The van der Waals surface area contributed by atoms with Gasteiger partial charge in [0.2, 0.25) is 0 Å². The minimum atomic E-state index is -1.24. The number of fused-ring (bicyclic) bond motifs is 1. The molecular weight excluding hydrogens is 487 g/mol. The van der Waals surface area contributed by atoms with Gasteiger partial charge in [0.15, 0.2) is 6.04 Å². The Labute approximate surface area is 205 Å². The van der Waals surface area contributed by atoms with E-state index in [-0.39, 0.29) is 16.3 Å². The third kappa shape index (κ3) is 4.42. The molecule has 6 nitrogen and oxygen atoms in total. The molecule has 0 fully saturated rings. The van der Waals surface area contributed by atoms with Crippen molar-refractivity contribution in [2.24, 2.45) is 0 Å². The van der Waals surface area contributed by atoms with Crippen LogP contribution in [0.5, 0.6) is 0 Å². The molecule has 0 saturated heterocycles. The summed E-state index contributed by atoms with van der Waals surface area (Å²) >= 11 is 18.4. The molecule has 1 aliphatic rings. The average molecular weight is 504 g/mol. The summed E-state index contributed by atoms with van der Waals surface area (Å²) in [4.78, 5) is 41.7. The number of ether oxygens (including phenoxy) is 1. The first-order chi connectivity index (χ1) is 15.8. The van der Waals surface area contributed by atoms with Gasteiger partial charge in [-0.2, -0.15) is 0 Å². The summed E-state index contributed by atoms with van der Waals surface area (Å²) in [6.07, 6.45) is 0. The Kier molecular flexibility index (Phi) is 6.61. The van der Waals surface area contributed by atoms with Crippen LogP contribution in [0.15, 0.2) is 66.7 Å². The van der Waals surface area contributed by atoms with Gasteiger partial charge in [0.1, 0.15) is 6.04 Å². The maximum atomic E-state index is 13.9. The van der Waals surface area contributed by atoms with Crippen LogP contribution in [0.3, 0.4) is 0 Å². The second-order valence-electron chi connectivity index (χ2n) is 7.30. The second-order valence-corrected chi connectivity index (χ2v) is 8.58. The lowest BCUT2D eigenvalue weighted by molar-refractivity contribution is -0.147. The second kappa shape index (κ2) is 9.43. The molecule has 1 N–H and O–H groups in total. The summed E-state index contributed by atoms with van der Waals surface area (Å²) < 4.78 is 5.04. The minimum Gasteiger partial charge on any atom is -0.467 e. The van der Waals surface area contributed by atoms with E-state index in [2.05, 4.69) is 5.32 Å². The maximum absolute atomic E-state index is 13.9. The molecule has 168 valence electrons. The molecule has 2 atom stereocenters. The molecular formula is C24H17Cl3N2O4. The lowest BCUT2D eigenvalue weighted by Crippen LogP contribution is -2.44. The molecule has 0 aliphatic carbocycles. The number of carbonyl (C=O) groups is 3. The number of benzene rings is 3. The van der Waals surface area contributed by atoms with Crippen molar-refractivity contribution in [3.63, 3.8) is 0 Å². The van der Waals surface area contributed by atoms with E-state index in [0.717, 1.165) is 0 Å². The standard InChI is InChI=1S/C24H17Cl3N2O4/c1-33-24(32)21(14-7-11-16(26)12-8-14)29-20(13-5-9-15(25)10-6-13)22(30)28-19-17(23(29)31)3-2-4-18(19)27/h2-12,20-21H,1H3,(H,28,30). The molecule has 2 amide bonds. The van der Waals surface area contributed by atoms with Gasteiger partial charge < -0.3 is 15.0 Å². The lowest BCUT2D eigenvalue weighted by Gasteiger charge is -2.35. The van der Waals surface area contributed by atoms with E-state index in [0.29, 0.717) is 21.2 Å². The summed E-state index contributed by atoms with van der Waals surface area (Å²) in [5.74, 6) is -1.83. The van der Waals surface area contributed by atoms with Gasteiger partial charge in [-0.1, -0.05) is 65.1 Å². The predicted octanol–water partition coefficient (Wildman–Crippen LogP) is 5.70. The van der Waals surface area contributed by atoms with Crippen LogP contribution in [0.2, 0.25) is 15.1 Å². The van der Waals surface area contributed by atoms with Crippen molar-refractivity contribution < 1.29 is 19.1 Å². The van der Waals surface area contributed by atoms with Gasteiger partial charge in [0.25, 0.3) is 11.8 Å². The van der Waals surface area contributed by atoms with Gasteiger partial charge in [0, 0.05) is 10.0 Å². The zero-order valence-corrected chi connectivity index (χ0v) is 19.5. The van der Waals surface area contributed by atoms with Gasteiger partial charge in [0.05, 0.1) is 23.4 Å². The predicted molar refractivity (Wildman–Crippen MR) is 127 cm³/mol. The number of halogens is 3. The largest absolute Gasteiger partial charge is 0.467 e. The highest BCUT2D eigenvalue weighted by Crippen LogP contribution is 2.40. The molecule has 0 spiro atoms. The van der Waals surface area contributed by atoms with Crippen molar-refractivity contribution in [1.82, 2.24) is 4.90 Å². The number of esters is 1. The van der Waals surface area contributed by atoms with Gasteiger partial charge >= 0.3 is 5.97 Å². The van der Waals surface area contributed by atoms with Crippen molar-refractivity contribution in [3.8, 4) is 0 Å². The molecule has 9 heteroatoms. The Morgan fingerprint density at radius 1 is 0.939 bits per heavy atom. The molecule has 0 saturated carbocycles. The van der Waals surface area contributed by atoms with Crippen molar-refractivity contribution >= 4 is 58.3 Å². The third-order valence-corrected chi connectivity index (χ3v) is 6.15. The number of carbonyl (C=O) groups excluding carboxylic acids is 3. The van der Waals surface area contributed by atoms with Crippen LogP contribution < -0.4 is 5.32 Å². The minimum absolute atomic E-state index is 0.148. The van der Waals surface area contributed by atoms with Crippen LogP contribution in [-0.4, -0.2) is 29.8 Å². The van der Waals surface area contributed by atoms with Crippen LogP contribution in [0.4, 0.5) is 5.69 Å². The van der Waals surface area contributed by atoms with Crippen molar-refractivity contribution in [2.45, 2.75) is 12.1 Å². The highest BCUT2D eigenvalue weighted by molar-refractivity contribution is 6.35. The molecule has 1 heterocycles. The van der Waals surface area contributed by atoms with Crippen molar-refractivity contribution in [1.29, 1.82) is 0 Å². The lowest BCUT2D eigenvalue weighted by atomic mass is 9.97. The van der Waals surface area contributed by atoms with Gasteiger partial charge in [-0.15, -0.1) is 0 Å². The van der Waals surface area contributed by atoms with E-state index in [1.54, 1.807) is 60.7 Å². The Hall–Kier alpha value is -3.06. The third-order valence-electron chi connectivity index (χ3n) is 5.33. The highest BCUT2D eigenvalue weighted by atomic mass is 35.5. The Bertz CT molecular complexity index is 1230. The first kappa shape index (κ1) is 23.1. The molecule has 33 heavy (non-hydrogen) atoms. The van der Waals surface area contributed by atoms with Crippen LogP contribution in [0, 0.1) is 0 Å². The number of nitrogens with one attached hydrogen (secondary N) is 1. The van der Waals surface area contributed by atoms with Gasteiger partial charge in [-0.25, -0.2) is 4.79 Å². The molecule has 1 aliphatic heterocycles. The van der Waals surface area contributed by atoms with Crippen molar-refractivity contribution in [3.05, 3.63) is 98.5 Å². The highest BCUT2D eigenvalue weighted by Gasteiger charge is 2.44. The molecule has 2 unspecified atom stereocenters. The molecule has 0 aromatic heterocycles. The fourth-order valence-electron chi connectivity index (χ4n) is 3.79. The van der Waals surface area contributed by atoms with E-state index in [1.807, 2.05) is 0 Å². The first-order valence-electron chi connectivity index (χ1n) is 9.82. The smallest absolute Gasteiger partial charge is 0.333 e. The number of para-hydroxylation sites is 1. The number of hydrogen-bond acceptors (Lipinski definition) is 4. The van der Waals surface area contributed by atoms with E-state index >= 15 is 0 Å². The van der Waals surface area contributed by atoms with Crippen LogP contribution in [-0.2, 0) is 14.3 Å². The fraction of sp³-hybridized carbons (Fsp3) is 0.125. The molecule has 0 bridgehead atoms. The first-order valence-corrected chi connectivity index (χ1v) is 11.0. The summed E-state index contributed by atoms with van der Waals surface area (Å²) in [7, 11) is 1.22. The Morgan fingerprint density at radius 3 is 2.15 bits per heavy atom. The number of methoxy groups -OCH3 is 1. The summed E-state index contributed by atoms with van der Waals surface area (Å²) in [5.41, 5.74) is 1.21. The monoisotopic (exact) mass is 502 g/mol. The zero-order valence-electron chi connectivity index (χ0n) is 17.2. The van der Waals surface area contributed by atoms with E-state index < -0.39 is 29.9 Å². The zero-order chi connectivity index (χ0) is 23.7. The summed E-state index contributed by atoms with van der Waals surface area (Å²) in [6.45, 7) is 0. The van der Waals surface area contributed by atoms with Crippen LogP contribution in [0.1, 0.15) is 33.6 Å². The number of amides is 2. The summed E-state index contributed by atoms with van der Waals surface area (Å²) in [6, 6.07) is 15.2. The quantitative estimate of drug-likeness (QED) is 0.464. The van der Waals surface area contributed by atoms with Crippen LogP contribution in [0.25, 0.3) is 0 Å².